The average Bonchev–Trinajstić information content (AvgIpc) is 2.76. The van der Waals surface area contributed by atoms with Crippen LogP contribution in [0.5, 0.6) is 0 Å². The van der Waals surface area contributed by atoms with Crippen molar-refractivity contribution in [1.82, 2.24) is 4.90 Å². The fourth-order valence-corrected chi connectivity index (χ4v) is 2.54. The van der Waals surface area contributed by atoms with Crippen LogP contribution in [0.25, 0.3) is 0 Å². The van der Waals surface area contributed by atoms with Crippen LogP contribution >= 0.6 is 15.9 Å². The van der Waals surface area contributed by atoms with Crippen LogP contribution in [0.4, 0.5) is 10.5 Å². The molecule has 0 aromatic heterocycles. The molecule has 0 saturated carbocycles. The smallest absolute Gasteiger partial charge is 0.326 e. The largest absolute Gasteiger partial charge is 0.480 e. The highest BCUT2D eigenvalue weighted by atomic mass is 79.9. The molecule has 20 heavy (non-hydrogen) atoms. The summed E-state index contributed by atoms with van der Waals surface area (Å²) in [6.45, 7) is 1.91. The van der Waals surface area contributed by atoms with Gasteiger partial charge in [-0.25, -0.2) is 9.59 Å². The lowest BCUT2D eigenvalue weighted by atomic mass is 10.2. The summed E-state index contributed by atoms with van der Waals surface area (Å²) < 4.78 is 0.711. The number of aliphatic carboxylic acids is 1. The van der Waals surface area contributed by atoms with Crippen molar-refractivity contribution in [3.63, 3.8) is 0 Å². The zero-order valence-corrected chi connectivity index (χ0v) is 12.4. The Bertz CT molecular complexity index is 549. The number of nitrogens with zero attached hydrogens (tertiary/aromatic N) is 1. The summed E-state index contributed by atoms with van der Waals surface area (Å²) in [5.74, 6) is -1.11. The van der Waals surface area contributed by atoms with Crippen LogP contribution in [0.3, 0.4) is 0 Å². The van der Waals surface area contributed by atoms with Crippen LogP contribution in [-0.4, -0.2) is 45.8 Å². The second-order valence-electron chi connectivity index (χ2n) is 4.81. The first-order valence-corrected chi connectivity index (χ1v) is 6.92. The van der Waals surface area contributed by atoms with Gasteiger partial charge in [-0.05, 0) is 40.5 Å². The van der Waals surface area contributed by atoms with E-state index in [4.69, 9.17) is 5.11 Å². The molecule has 2 rings (SSSR count). The summed E-state index contributed by atoms with van der Waals surface area (Å²) >= 11 is 3.32. The Balaban J connectivity index is 2.15. The zero-order chi connectivity index (χ0) is 14.9. The molecule has 108 valence electrons. The minimum Gasteiger partial charge on any atom is -0.480 e. The molecule has 0 spiro atoms. The highest BCUT2D eigenvalue weighted by Crippen LogP contribution is 2.25. The molecule has 1 aromatic carbocycles. The van der Waals surface area contributed by atoms with Crippen molar-refractivity contribution in [3.8, 4) is 0 Å². The maximum Gasteiger partial charge on any atom is 0.326 e. The summed E-state index contributed by atoms with van der Waals surface area (Å²) in [6, 6.07) is 3.95. The van der Waals surface area contributed by atoms with E-state index >= 15 is 0 Å². The van der Waals surface area contributed by atoms with Gasteiger partial charge in [-0.3, -0.25) is 0 Å². The summed E-state index contributed by atoms with van der Waals surface area (Å²) in [5, 5.41) is 21.3. The molecule has 0 bridgehead atoms. The third-order valence-corrected chi connectivity index (χ3v) is 3.88. The van der Waals surface area contributed by atoms with Crippen molar-refractivity contribution in [2.75, 3.05) is 11.9 Å². The van der Waals surface area contributed by atoms with Gasteiger partial charge < -0.3 is 20.4 Å². The van der Waals surface area contributed by atoms with Gasteiger partial charge in [0.2, 0.25) is 0 Å². The molecule has 1 fully saturated rings. The third-order valence-electron chi connectivity index (χ3n) is 3.19. The quantitative estimate of drug-likeness (QED) is 0.764. The Morgan fingerprint density at radius 1 is 1.45 bits per heavy atom. The molecule has 6 nitrogen and oxygen atoms in total. The number of aryl methyl sites for hydroxylation is 1. The van der Waals surface area contributed by atoms with E-state index in [0.29, 0.717) is 10.2 Å². The Hall–Kier alpha value is -1.60. The number of carboxylic acids is 1. The van der Waals surface area contributed by atoms with Crippen LogP contribution in [0.15, 0.2) is 22.7 Å². The van der Waals surface area contributed by atoms with Crippen LogP contribution in [0.1, 0.15) is 12.0 Å². The standard InChI is InChI=1S/C13H15BrN2O4/c1-7-2-3-9(14)10(4-7)15-13(20)16-6-8(17)5-11(16)12(18)19/h2-4,8,11,17H,5-6H2,1H3,(H,15,20)(H,18,19). The van der Waals surface area contributed by atoms with Crippen molar-refractivity contribution in [3.05, 3.63) is 28.2 Å². The van der Waals surface area contributed by atoms with E-state index in [2.05, 4.69) is 21.2 Å². The first kappa shape index (κ1) is 14.8. The fraction of sp³-hybridized carbons (Fsp3) is 0.385. The van der Waals surface area contributed by atoms with E-state index in [1.54, 1.807) is 12.1 Å². The maximum atomic E-state index is 12.2. The predicted molar refractivity (Wildman–Crippen MR) is 76.7 cm³/mol. The van der Waals surface area contributed by atoms with E-state index in [0.717, 1.165) is 10.5 Å². The van der Waals surface area contributed by atoms with Gasteiger partial charge in [0.25, 0.3) is 0 Å². The second-order valence-corrected chi connectivity index (χ2v) is 5.66. The topological polar surface area (TPSA) is 89.9 Å². The SMILES string of the molecule is Cc1ccc(Br)c(NC(=O)N2CC(O)CC2C(=O)O)c1. The average molecular weight is 343 g/mol. The monoisotopic (exact) mass is 342 g/mol. The number of amides is 2. The van der Waals surface area contributed by atoms with Gasteiger partial charge in [0.1, 0.15) is 6.04 Å². The lowest BCUT2D eigenvalue weighted by Gasteiger charge is -2.22. The van der Waals surface area contributed by atoms with E-state index < -0.39 is 24.1 Å². The Morgan fingerprint density at radius 2 is 2.15 bits per heavy atom. The first-order valence-electron chi connectivity index (χ1n) is 6.13. The van der Waals surface area contributed by atoms with E-state index in [1.807, 2.05) is 13.0 Å². The fourth-order valence-electron chi connectivity index (χ4n) is 2.19. The van der Waals surface area contributed by atoms with Crippen LogP contribution in [0.2, 0.25) is 0 Å². The van der Waals surface area contributed by atoms with Gasteiger partial charge in [0, 0.05) is 17.4 Å². The number of hydrogen-bond acceptors (Lipinski definition) is 3. The van der Waals surface area contributed by atoms with Crippen molar-refractivity contribution in [1.29, 1.82) is 0 Å². The lowest BCUT2D eigenvalue weighted by molar-refractivity contribution is -0.141. The number of carbonyl (C=O) groups is 2. The Kier molecular flexibility index (Phi) is 4.29. The predicted octanol–water partition coefficient (Wildman–Crippen LogP) is 1.81. The molecule has 3 N–H and O–H groups in total. The summed E-state index contributed by atoms with van der Waals surface area (Å²) in [7, 11) is 0. The van der Waals surface area contributed by atoms with Gasteiger partial charge in [0.05, 0.1) is 11.8 Å². The van der Waals surface area contributed by atoms with E-state index in [9.17, 15) is 14.7 Å². The molecule has 1 aromatic rings. The van der Waals surface area contributed by atoms with Crippen molar-refractivity contribution in [2.24, 2.45) is 0 Å². The number of likely N-dealkylation sites (tertiary alicyclic amines) is 1. The molecular weight excluding hydrogens is 328 g/mol. The summed E-state index contributed by atoms with van der Waals surface area (Å²) in [4.78, 5) is 24.4. The number of nitrogens with one attached hydrogen (secondary N) is 1. The molecule has 1 aliphatic heterocycles. The number of aliphatic hydroxyl groups is 1. The number of hydrogen-bond donors (Lipinski definition) is 3. The Morgan fingerprint density at radius 3 is 2.80 bits per heavy atom. The number of carboxylic acid groups (broad SMARTS) is 1. The van der Waals surface area contributed by atoms with Crippen molar-refractivity contribution >= 4 is 33.6 Å². The molecule has 1 saturated heterocycles. The highest BCUT2D eigenvalue weighted by molar-refractivity contribution is 9.10. The first-order chi connectivity index (χ1) is 9.38. The minimum atomic E-state index is -1.11. The van der Waals surface area contributed by atoms with Gasteiger partial charge in [-0.2, -0.15) is 0 Å². The van der Waals surface area contributed by atoms with Gasteiger partial charge in [-0.1, -0.05) is 6.07 Å². The van der Waals surface area contributed by atoms with Crippen LogP contribution in [0, 0.1) is 6.92 Å². The minimum absolute atomic E-state index is 0.0201. The number of benzene rings is 1. The number of carbonyl (C=O) groups excluding carboxylic acids is 1. The van der Waals surface area contributed by atoms with E-state index in [1.165, 1.54) is 0 Å². The number of anilines is 1. The summed E-state index contributed by atoms with van der Waals surface area (Å²) in [6.07, 6.45) is -0.750. The van der Waals surface area contributed by atoms with Crippen LogP contribution < -0.4 is 5.32 Å². The lowest BCUT2D eigenvalue weighted by Crippen LogP contribution is -2.43. The third kappa shape index (κ3) is 3.10. The normalized spacial score (nSPS) is 21.9. The molecule has 1 aliphatic rings. The highest BCUT2D eigenvalue weighted by Gasteiger charge is 2.39. The van der Waals surface area contributed by atoms with Crippen molar-refractivity contribution < 1.29 is 19.8 Å². The molecule has 2 atom stereocenters. The molecule has 2 unspecified atom stereocenters. The second kappa shape index (κ2) is 5.80. The number of aliphatic hydroxyl groups excluding tert-OH is 1. The number of halogens is 1. The Labute approximate surface area is 124 Å². The molecule has 0 radical (unpaired) electrons. The molecule has 0 aliphatic carbocycles. The number of β-amino-alcohol motifs (C(OH)–C–C–N with tert-alkyl or cyclic N) is 1. The molecule has 1 heterocycles. The number of urea groups is 1. The van der Waals surface area contributed by atoms with Gasteiger partial charge >= 0.3 is 12.0 Å². The van der Waals surface area contributed by atoms with Crippen molar-refractivity contribution in [2.45, 2.75) is 25.5 Å². The summed E-state index contributed by atoms with van der Waals surface area (Å²) in [5.41, 5.74) is 1.54. The maximum absolute atomic E-state index is 12.2. The zero-order valence-electron chi connectivity index (χ0n) is 10.8. The van der Waals surface area contributed by atoms with Gasteiger partial charge in [0.15, 0.2) is 0 Å². The van der Waals surface area contributed by atoms with Crippen LogP contribution in [-0.2, 0) is 4.79 Å². The molecular formula is C13H15BrN2O4. The molecule has 2 amide bonds. The van der Waals surface area contributed by atoms with E-state index in [-0.39, 0.29) is 13.0 Å². The van der Waals surface area contributed by atoms with Gasteiger partial charge in [-0.15, -0.1) is 0 Å². The molecule has 7 heteroatoms. The number of rotatable bonds is 2.